The van der Waals surface area contributed by atoms with Gasteiger partial charge < -0.3 is 16.2 Å². The molecule has 0 saturated heterocycles. The Morgan fingerprint density at radius 1 is 0.960 bits per heavy atom. The first kappa shape index (κ1) is 21.5. The van der Waals surface area contributed by atoms with Crippen molar-refractivity contribution >= 4 is 5.91 Å². The van der Waals surface area contributed by atoms with Crippen LogP contribution in [0.1, 0.15) is 76.7 Å². The third kappa shape index (κ3) is 10.8. The quantitative estimate of drug-likeness (QED) is 0.449. The van der Waals surface area contributed by atoms with E-state index < -0.39 is 0 Å². The van der Waals surface area contributed by atoms with Gasteiger partial charge in [-0.1, -0.05) is 76.8 Å². The number of quaternary nitrogens is 1. The molecule has 0 fully saturated rings. The number of phenolic OH excluding ortho intramolecular Hbond substituents is 1. The molecule has 0 aliphatic heterocycles. The fourth-order valence-corrected chi connectivity index (χ4v) is 2.98. The smallest absolute Gasteiger partial charge is 0.278 e. The predicted octanol–water partition coefficient (Wildman–Crippen LogP) is 3.58. The number of hydrogen-bond donors (Lipinski definition) is 3. The standard InChI is InChI=1S/C21H36N2O2/c1-2-3-4-5-6-7-8-9-10-11-16-23-21(25)20(22)17-18-12-14-19(24)15-13-18/h12-15,20,24H,2-11,16-17,22H2,1H3,(H,23,25)/p+1. The molecule has 0 aliphatic carbocycles. The zero-order valence-electron chi connectivity index (χ0n) is 15.9. The van der Waals surface area contributed by atoms with E-state index in [1.807, 2.05) is 12.1 Å². The molecule has 1 aromatic carbocycles. The van der Waals surface area contributed by atoms with Crippen molar-refractivity contribution in [2.24, 2.45) is 0 Å². The molecule has 1 amide bonds. The van der Waals surface area contributed by atoms with E-state index in [0.29, 0.717) is 6.42 Å². The molecule has 1 rings (SSSR count). The maximum atomic E-state index is 12.1. The molecule has 1 unspecified atom stereocenters. The molecular formula is C21H37N2O2+. The Balaban J connectivity index is 1.98. The molecule has 5 N–H and O–H groups in total. The fraction of sp³-hybridized carbons (Fsp3) is 0.667. The summed E-state index contributed by atoms with van der Waals surface area (Å²) in [4.78, 5) is 12.1. The minimum Gasteiger partial charge on any atom is -0.508 e. The molecule has 0 heterocycles. The molecule has 1 aromatic rings. The summed E-state index contributed by atoms with van der Waals surface area (Å²) in [6.45, 7) is 3.00. The molecule has 0 spiro atoms. The van der Waals surface area contributed by atoms with Crippen molar-refractivity contribution in [3.8, 4) is 5.75 Å². The summed E-state index contributed by atoms with van der Waals surface area (Å²) in [5.74, 6) is 0.263. The lowest BCUT2D eigenvalue weighted by Gasteiger charge is -2.10. The molecule has 0 saturated carbocycles. The van der Waals surface area contributed by atoms with Crippen molar-refractivity contribution < 1.29 is 15.6 Å². The lowest BCUT2D eigenvalue weighted by Crippen LogP contribution is -2.68. The average Bonchev–Trinajstić information content (AvgIpc) is 2.61. The van der Waals surface area contributed by atoms with Gasteiger partial charge in [0.05, 0.1) is 0 Å². The van der Waals surface area contributed by atoms with Gasteiger partial charge in [-0.15, -0.1) is 0 Å². The van der Waals surface area contributed by atoms with Crippen LogP contribution in [0.15, 0.2) is 24.3 Å². The summed E-state index contributed by atoms with van der Waals surface area (Å²) < 4.78 is 0. The maximum absolute atomic E-state index is 12.1. The number of rotatable bonds is 14. The van der Waals surface area contributed by atoms with Crippen molar-refractivity contribution in [2.75, 3.05) is 6.54 Å². The highest BCUT2D eigenvalue weighted by atomic mass is 16.3. The Kier molecular flexibility index (Phi) is 11.8. The van der Waals surface area contributed by atoms with Crippen LogP contribution in [0, 0.1) is 0 Å². The maximum Gasteiger partial charge on any atom is 0.278 e. The molecule has 0 aliphatic rings. The number of benzene rings is 1. The Morgan fingerprint density at radius 3 is 2.04 bits per heavy atom. The van der Waals surface area contributed by atoms with Crippen molar-refractivity contribution in [1.82, 2.24) is 5.32 Å². The molecule has 4 nitrogen and oxygen atoms in total. The van der Waals surface area contributed by atoms with E-state index >= 15 is 0 Å². The minimum atomic E-state index is -0.285. The number of carbonyl (C=O) groups excluding carboxylic acids is 1. The molecule has 25 heavy (non-hydrogen) atoms. The van der Waals surface area contributed by atoms with Crippen LogP contribution in [0.4, 0.5) is 0 Å². The topological polar surface area (TPSA) is 77.0 Å². The Morgan fingerprint density at radius 2 is 1.48 bits per heavy atom. The van der Waals surface area contributed by atoms with Crippen LogP contribution in [-0.2, 0) is 11.2 Å². The Hall–Kier alpha value is -1.55. The number of phenols is 1. The fourth-order valence-electron chi connectivity index (χ4n) is 2.98. The van der Waals surface area contributed by atoms with Crippen LogP contribution < -0.4 is 11.1 Å². The summed E-state index contributed by atoms with van der Waals surface area (Å²) in [7, 11) is 0. The monoisotopic (exact) mass is 349 g/mol. The van der Waals surface area contributed by atoms with Crippen LogP contribution >= 0.6 is 0 Å². The molecule has 142 valence electrons. The highest BCUT2D eigenvalue weighted by molar-refractivity contribution is 5.80. The first-order chi connectivity index (χ1) is 12.1. The summed E-state index contributed by atoms with van der Waals surface area (Å²) in [6, 6.07) is 6.67. The highest BCUT2D eigenvalue weighted by Gasteiger charge is 2.16. The molecule has 1 atom stereocenters. The van der Waals surface area contributed by atoms with Gasteiger partial charge in [-0.05, 0) is 24.1 Å². The van der Waals surface area contributed by atoms with Crippen LogP contribution in [0.25, 0.3) is 0 Å². The number of amides is 1. The average molecular weight is 350 g/mol. The second kappa shape index (κ2) is 13.7. The first-order valence-electron chi connectivity index (χ1n) is 10.0. The second-order valence-electron chi connectivity index (χ2n) is 7.04. The summed E-state index contributed by atoms with van der Waals surface area (Å²) in [6.07, 6.45) is 13.6. The summed E-state index contributed by atoms with van der Waals surface area (Å²) >= 11 is 0. The van der Waals surface area contributed by atoms with Crippen molar-refractivity contribution in [2.45, 2.75) is 83.6 Å². The van der Waals surface area contributed by atoms with Gasteiger partial charge in [0, 0.05) is 13.0 Å². The van der Waals surface area contributed by atoms with E-state index in [1.165, 1.54) is 57.8 Å². The van der Waals surface area contributed by atoms with Gasteiger partial charge in [-0.3, -0.25) is 4.79 Å². The molecular weight excluding hydrogens is 312 g/mol. The van der Waals surface area contributed by atoms with Gasteiger partial charge >= 0.3 is 0 Å². The van der Waals surface area contributed by atoms with Crippen LogP contribution in [0.2, 0.25) is 0 Å². The summed E-state index contributed by atoms with van der Waals surface area (Å²) in [5, 5.41) is 12.3. The third-order valence-corrected chi connectivity index (χ3v) is 4.62. The van der Waals surface area contributed by atoms with Gasteiger partial charge in [0.2, 0.25) is 0 Å². The lowest BCUT2D eigenvalue weighted by atomic mass is 10.1. The predicted molar refractivity (Wildman–Crippen MR) is 103 cm³/mol. The number of hydrogen-bond acceptors (Lipinski definition) is 2. The van der Waals surface area contributed by atoms with Crippen LogP contribution in [0.3, 0.4) is 0 Å². The van der Waals surface area contributed by atoms with E-state index in [2.05, 4.69) is 18.0 Å². The Labute approximate surface area is 153 Å². The third-order valence-electron chi connectivity index (χ3n) is 4.62. The van der Waals surface area contributed by atoms with Crippen LogP contribution in [-0.4, -0.2) is 23.6 Å². The van der Waals surface area contributed by atoms with Crippen molar-refractivity contribution in [1.29, 1.82) is 0 Å². The first-order valence-corrected chi connectivity index (χ1v) is 10.0. The SMILES string of the molecule is CCCCCCCCCCCCNC(=O)C([NH3+])Cc1ccc(O)cc1. The van der Waals surface area contributed by atoms with Gasteiger partial charge in [-0.25, -0.2) is 0 Å². The van der Waals surface area contributed by atoms with E-state index in [9.17, 15) is 9.90 Å². The summed E-state index contributed by atoms with van der Waals surface area (Å²) in [5.41, 5.74) is 4.97. The molecule has 4 heteroatoms. The number of nitrogens with one attached hydrogen (secondary N) is 1. The second-order valence-corrected chi connectivity index (χ2v) is 7.04. The number of unbranched alkanes of at least 4 members (excludes halogenated alkanes) is 9. The molecule has 0 bridgehead atoms. The normalized spacial score (nSPS) is 12.1. The van der Waals surface area contributed by atoms with E-state index in [-0.39, 0.29) is 17.7 Å². The van der Waals surface area contributed by atoms with E-state index in [0.717, 1.165) is 18.5 Å². The van der Waals surface area contributed by atoms with Gasteiger partial charge in [0.25, 0.3) is 5.91 Å². The minimum absolute atomic E-state index is 0.0176. The van der Waals surface area contributed by atoms with E-state index in [1.54, 1.807) is 12.1 Å². The van der Waals surface area contributed by atoms with Crippen LogP contribution in [0.5, 0.6) is 5.75 Å². The van der Waals surface area contributed by atoms with Crippen molar-refractivity contribution in [3.05, 3.63) is 29.8 Å². The zero-order chi connectivity index (χ0) is 18.3. The van der Waals surface area contributed by atoms with E-state index in [4.69, 9.17) is 0 Å². The molecule has 0 radical (unpaired) electrons. The van der Waals surface area contributed by atoms with Crippen molar-refractivity contribution in [3.63, 3.8) is 0 Å². The van der Waals surface area contributed by atoms with Gasteiger partial charge in [0.15, 0.2) is 6.04 Å². The highest BCUT2D eigenvalue weighted by Crippen LogP contribution is 2.11. The number of aromatic hydroxyl groups is 1. The lowest BCUT2D eigenvalue weighted by molar-refractivity contribution is -0.403. The van der Waals surface area contributed by atoms with Gasteiger partial charge in [-0.2, -0.15) is 0 Å². The molecule has 0 aromatic heterocycles. The Bertz CT molecular complexity index is 459. The largest absolute Gasteiger partial charge is 0.508 e. The van der Waals surface area contributed by atoms with Gasteiger partial charge in [0.1, 0.15) is 5.75 Å². The zero-order valence-corrected chi connectivity index (χ0v) is 15.9. The number of carbonyl (C=O) groups is 1.